The highest BCUT2D eigenvalue weighted by molar-refractivity contribution is 7.80. The number of nitrogens with zero attached hydrogens (tertiary/aromatic N) is 1. The second-order valence-electron chi connectivity index (χ2n) is 6.78. The fraction of sp³-hybridized carbons (Fsp3) is 0.636. The van der Waals surface area contributed by atoms with Gasteiger partial charge < -0.3 is 10.1 Å². The molecule has 0 bridgehead atoms. The van der Waals surface area contributed by atoms with Gasteiger partial charge >= 0.3 is 0 Å². The van der Waals surface area contributed by atoms with Crippen LogP contribution in [-0.4, -0.2) is 24.5 Å². The van der Waals surface area contributed by atoms with E-state index in [1.54, 1.807) is 6.21 Å². The Bertz CT molecular complexity index is 534. The number of hydrazone groups is 1. The summed E-state index contributed by atoms with van der Waals surface area (Å²) in [6, 6.07) is 7.82. The summed E-state index contributed by atoms with van der Waals surface area (Å²) in [5.74, 6) is 0.829. The van der Waals surface area contributed by atoms with Gasteiger partial charge in [-0.2, -0.15) is 5.10 Å². The lowest BCUT2D eigenvalue weighted by Gasteiger charge is -2.08. The van der Waals surface area contributed by atoms with Gasteiger partial charge in [-0.1, -0.05) is 76.8 Å². The van der Waals surface area contributed by atoms with Crippen molar-refractivity contribution in [3.8, 4) is 5.75 Å². The molecule has 0 radical (unpaired) electrons. The second kappa shape index (κ2) is 16.5. The Balaban J connectivity index is 2.03. The van der Waals surface area contributed by atoms with E-state index >= 15 is 0 Å². The summed E-state index contributed by atoms with van der Waals surface area (Å²) < 4.78 is 5.57. The van der Waals surface area contributed by atoms with Crippen molar-refractivity contribution in [2.24, 2.45) is 5.10 Å². The first-order chi connectivity index (χ1) is 13.3. The largest absolute Gasteiger partial charge is 0.493 e. The molecule has 0 spiro atoms. The van der Waals surface area contributed by atoms with Crippen molar-refractivity contribution in [3.05, 3.63) is 29.8 Å². The molecule has 27 heavy (non-hydrogen) atoms. The Labute approximate surface area is 171 Å². The van der Waals surface area contributed by atoms with Crippen LogP contribution in [0.3, 0.4) is 0 Å². The van der Waals surface area contributed by atoms with Crippen LogP contribution in [0, 0.1) is 0 Å². The molecule has 0 amide bonds. The lowest BCUT2D eigenvalue weighted by atomic mass is 10.1. The van der Waals surface area contributed by atoms with Crippen LogP contribution < -0.4 is 15.5 Å². The van der Waals surface area contributed by atoms with Crippen molar-refractivity contribution in [2.75, 3.05) is 13.2 Å². The molecule has 4 nitrogen and oxygen atoms in total. The number of nitrogens with one attached hydrogen (secondary N) is 2. The van der Waals surface area contributed by atoms with Gasteiger partial charge in [0.05, 0.1) is 12.8 Å². The fourth-order valence-electron chi connectivity index (χ4n) is 2.89. The average molecular weight is 392 g/mol. The van der Waals surface area contributed by atoms with E-state index in [-0.39, 0.29) is 0 Å². The molecule has 0 aliphatic carbocycles. The van der Waals surface area contributed by atoms with Gasteiger partial charge in [-0.3, -0.25) is 5.43 Å². The van der Waals surface area contributed by atoms with Crippen LogP contribution in [0.5, 0.6) is 5.75 Å². The fourth-order valence-corrected chi connectivity index (χ4v) is 3.04. The molecule has 0 unspecified atom stereocenters. The highest BCUT2D eigenvalue weighted by Gasteiger charge is 1.99. The predicted molar refractivity (Wildman–Crippen MR) is 121 cm³/mol. The Morgan fingerprint density at radius 1 is 0.963 bits per heavy atom. The van der Waals surface area contributed by atoms with Crippen molar-refractivity contribution in [3.63, 3.8) is 0 Å². The lowest BCUT2D eigenvalue weighted by Crippen LogP contribution is -2.32. The highest BCUT2D eigenvalue weighted by Crippen LogP contribution is 2.15. The number of thiocarbonyl (C=S) groups is 1. The van der Waals surface area contributed by atoms with E-state index in [1.165, 1.54) is 57.8 Å². The third-order valence-electron chi connectivity index (χ3n) is 4.40. The number of unbranched alkanes of at least 4 members (excludes halogenated alkanes) is 9. The van der Waals surface area contributed by atoms with Crippen LogP contribution >= 0.6 is 12.2 Å². The summed E-state index contributed by atoms with van der Waals surface area (Å²) in [6.45, 7) is 5.77. The summed E-state index contributed by atoms with van der Waals surface area (Å²) in [6.07, 6.45) is 15.1. The summed E-state index contributed by atoms with van der Waals surface area (Å²) in [7, 11) is 0. The van der Waals surface area contributed by atoms with Gasteiger partial charge in [0.2, 0.25) is 0 Å². The maximum absolute atomic E-state index is 5.57. The zero-order valence-electron chi connectivity index (χ0n) is 17.1. The third kappa shape index (κ3) is 12.4. The van der Waals surface area contributed by atoms with E-state index in [9.17, 15) is 0 Å². The minimum Gasteiger partial charge on any atom is -0.493 e. The Kier molecular flexibility index (Phi) is 14.4. The molecule has 0 atom stereocenters. The lowest BCUT2D eigenvalue weighted by molar-refractivity contribution is 0.340. The molecule has 0 aromatic heterocycles. The molecular weight excluding hydrogens is 354 g/mol. The summed E-state index contributed by atoms with van der Waals surface area (Å²) in [4.78, 5) is 0. The number of rotatable bonds is 15. The topological polar surface area (TPSA) is 45.7 Å². The number of benzene rings is 1. The molecule has 0 saturated carbocycles. The molecule has 0 fully saturated rings. The van der Waals surface area contributed by atoms with Crippen LogP contribution in [0.15, 0.2) is 29.4 Å². The maximum atomic E-state index is 5.57. The first-order valence-corrected chi connectivity index (χ1v) is 11.0. The smallest absolute Gasteiger partial charge is 0.186 e. The number of hydrogen-bond acceptors (Lipinski definition) is 3. The van der Waals surface area contributed by atoms with E-state index < -0.39 is 0 Å². The third-order valence-corrected chi connectivity index (χ3v) is 4.64. The van der Waals surface area contributed by atoms with Crippen molar-refractivity contribution in [2.45, 2.75) is 78.1 Å². The van der Waals surface area contributed by atoms with E-state index in [2.05, 4.69) is 22.8 Å². The molecule has 152 valence electrons. The first kappa shape index (κ1) is 23.4. The molecule has 0 aliphatic heterocycles. The van der Waals surface area contributed by atoms with Crippen LogP contribution in [0.4, 0.5) is 0 Å². The molecule has 2 N–H and O–H groups in total. The van der Waals surface area contributed by atoms with Gasteiger partial charge in [0, 0.05) is 12.1 Å². The van der Waals surface area contributed by atoms with Crippen molar-refractivity contribution in [1.82, 2.24) is 10.7 Å². The monoisotopic (exact) mass is 391 g/mol. The normalized spacial score (nSPS) is 10.9. The van der Waals surface area contributed by atoms with Crippen LogP contribution in [0.25, 0.3) is 0 Å². The zero-order valence-corrected chi connectivity index (χ0v) is 18.0. The first-order valence-electron chi connectivity index (χ1n) is 10.6. The minimum atomic E-state index is 0.566. The summed E-state index contributed by atoms with van der Waals surface area (Å²) in [5.41, 5.74) is 3.80. The summed E-state index contributed by atoms with van der Waals surface area (Å²) in [5, 5.41) is 7.97. The summed E-state index contributed by atoms with van der Waals surface area (Å²) >= 11 is 5.26. The van der Waals surface area contributed by atoms with Crippen LogP contribution in [0.1, 0.15) is 83.6 Å². The number of para-hydroxylation sites is 1. The number of hydrogen-bond donors (Lipinski definition) is 2. The van der Waals surface area contributed by atoms with Crippen molar-refractivity contribution in [1.29, 1.82) is 0 Å². The van der Waals surface area contributed by atoms with E-state index in [4.69, 9.17) is 17.0 Å². The van der Waals surface area contributed by atoms with Crippen molar-refractivity contribution >= 4 is 23.5 Å². The van der Waals surface area contributed by atoms with Gasteiger partial charge in [-0.05, 0) is 37.7 Å². The molecule has 0 saturated heterocycles. The van der Waals surface area contributed by atoms with E-state index in [0.29, 0.717) is 11.7 Å². The second-order valence-corrected chi connectivity index (χ2v) is 7.19. The number of ether oxygens (including phenoxy) is 1. The van der Waals surface area contributed by atoms with Gasteiger partial charge in [0.25, 0.3) is 0 Å². The molecule has 1 rings (SSSR count). The highest BCUT2D eigenvalue weighted by atomic mass is 32.1. The zero-order chi connectivity index (χ0) is 19.6. The standard InChI is InChI=1S/C22H37N3OS/c1-3-5-6-7-8-9-10-11-12-15-18-23-22(27)25-24-19-20-16-13-14-17-21(20)26-4-2/h13-14,16-17,19H,3-12,15,18H2,1-2H3,(H2,23,25,27)/b24-19-. The molecular formula is C22H37N3OS. The molecule has 1 aromatic rings. The SMILES string of the molecule is CCCCCCCCCCCCNC(=S)N/N=C\c1ccccc1OCC. The van der Waals surface area contributed by atoms with Crippen LogP contribution in [0.2, 0.25) is 0 Å². The average Bonchev–Trinajstić information content (AvgIpc) is 2.67. The van der Waals surface area contributed by atoms with Gasteiger partial charge in [-0.15, -0.1) is 0 Å². The van der Waals surface area contributed by atoms with Gasteiger partial charge in [0.1, 0.15) is 5.75 Å². The van der Waals surface area contributed by atoms with Gasteiger partial charge in [0.15, 0.2) is 5.11 Å². The molecule has 1 aromatic carbocycles. The van der Waals surface area contributed by atoms with Crippen LogP contribution in [-0.2, 0) is 0 Å². The Morgan fingerprint density at radius 3 is 2.26 bits per heavy atom. The predicted octanol–water partition coefficient (Wildman–Crippen LogP) is 5.80. The van der Waals surface area contributed by atoms with E-state index in [1.807, 2.05) is 31.2 Å². The Hall–Kier alpha value is -1.62. The minimum absolute atomic E-state index is 0.566. The van der Waals surface area contributed by atoms with Crippen molar-refractivity contribution < 1.29 is 4.74 Å². The molecule has 0 aliphatic rings. The van der Waals surface area contributed by atoms with Gasteiger partial charge in [-0.25, -0.2) is 0 Å². The molecule has 0 heterocycles. The maximum Gasteiger partial charge on any atom is 0.186 e. The molecule has 5 heteroatoms. The quantitative estimate of drug-likeness (QED) is 0.171. The Morgan fingerprint density at radius 2 is 1.59 bits per heavy atom. The van der Waals surface area contributed by atoms with E-state index in [0.717, 1.165) is 24.3 Å².